The fraction of sp³-hybridized carbons (Fsp3) is 0.296. The highest BCUT2D eigenvalue weighted by Crippen LogP contribution is 2.41. The molecule has 2 heterocycles. The molecule has 9 heteroatoms. The molecule has 3 atom stereocenters. The van der Waals surface area contributed by atoms with E-state index in [2.05, 4.69) is 39.3 Å². The van der Waals surface area contributed by atoms with Crippen molar-refractivity contribution in [1.29, 1.82) is 10.5 Å². The molecule has 1 unspecified atom stereocenters. The van der Waals surface area contributed by atoms with Gasteiger partial charge >= 0.3 is 0 Å². The standard InChI is InChI=1S/C27H28N6O2S/c1-16-9-10-19(32-24(34)17(2)7-6-8-18(3)27(4,5)15-29)13-21(16)33-25(35)23-20(14-28)22-26(36-23)31-12-11-30-22/h6-13,22,24,26,32,34H,2H2,1,3-5H3,(H,33,35)/b7-6-,18-8+/t22-,24+,26?/m1/s1. The SMILES string of the molecule is C=C(/C=C\C=C(/C)C(C)(C)C#N)[C@H](O)Nc1ccc(C)c(NC(=O)C2=C(C#N)[C@H]3N=CC=NC3S2)c1. The molecule has 0 fully saturated rings. The minimum atomic E-state index is -1.07. The number of hydrogen-bond acceptors (Lipinski definition) is 8. The van der Waals surface area contributed by atoms with Crippen LogP contribution in [0.1, 0.15) is 26.3 Å². The van der Waals surface area contributed by atoms with Crippen molar-refractivity contribution in [2.45, 2.75) is 45.3 Å². The van der Waals surface area contributed by atoms with Gasteiger partial charge in [-0.2, -0.15) is 10.5 Å². The van der Waals surface area contributed by atoms with E-state index in [9.17, 15) is 20.4 Å². The second-order valence-corrected chi connectivity index (χ2v) is 10.1. The summed E-state index contributed by atoms with van der Waals surface area (Å²) in [6, 6.07) is 9.22. The second kappa shape index (κ2) is 11.2. The first-order valence-corrected chi connectivity index (χ1v) is 12.1. The lowest BCUT2D eigenvalue weighted by atomic mass is 9.87. The van der Waals surface area contributed by atoms with Gasteiger partial charge in [-0.1, -0.05) is 48.2 Å². The Bertz CT molecular complexity index is 1310. The number of benzene rings is 1. The van der Waals surface area contributed by atoms with Crippen LogP contribution in [0.2, 0.25) is 0 Å². The van der Waals surface area contributed by atoms with Gasteiger partial charge in [0.25, 0.3) is 5.91 Å². The number of nitrogens with one attached hydrogen (secondary N) is 2. The molecule has 1 amide bonds. The summed E-state index contributed by atoms with van der Waals surface area (Å²) in [6.07, 6.45) is 7.28. The first-order chi connectivity index (χ1) is 17.1. The molecule has 2 aliphatic heterocycles. The molecule has 0 saturated heterocycles. The highest BCUT2D eigenvalue weighted by Gasteiger charge is 2.39. The number of aliphatic imine (C=N–C) groups is 2. The normalized spacial score (nSPS) is 20.0. The van der Waals surface area contributed by atoms with Gasteiger partial charge in [-0.05, 0) is 51.0 Å². The van der Waals surface area contributed by atoms with Gasteiger partial charge in [0.2, 0.25) is 0 Å². The molecule has 0 radical (unpaired) electrons. The molecule has 2 aliphatic rings. The molecule has 0 saturated carbocycles. The van der Waals surface area contributed by atoms with Crippen LogP contribution < -0.4 is 10.6 Å². The van der Waals surface area contributed by atoms with Gasteiger partial charge in [0.05, 0.1) is 28.0 Å². The summed E-state index contributed by atoms with van der Waals surface area (Å²) in [5.74, 6) is -0.396. The molecule has 0 bridgehead atoms. The summed E-state index contributed by atoms with van der Waals surface area (Å²) in [7, 11) is 0. The predicted molar refractivity (Wildman–Crippen MR) is 146 cm³/mol. The van der Waals surface area contributed by atoms with Gasteiger partial charge in [-0.15, -0.1) is 0 Å². The smallest absolute Gasteiger partial charge is 0.263 e. The lowest BCUT2D eigenvalue weighted by Gasteiger charge is -2.17. The number of thioether (sulfide) groups is 1. The minimum Gasteiger partial charge on any atom is -0.369 e. The number of aliphatic hydroxyl groups excluding tert-OH is 1. The number of aryl methyl sites for hydroxylation is 1. The molecule has 3 N–H and O–H groups in total. The van der Waals surface area contributed by atoms with Crippen molar-refractivity contribution < 1.29 is 9.90 Å². The van der Waals surface area contributed by atoms with E-state index in [-0.39, 0.29) is 5.37 Å². The van der Waals surface area contributed by atoms with Crippen molar-refractivity contribution in [2.24, 2.45) is 15.4 Å². The van der Waals surface area contributed by atoms with E-state index in [1.165, 1.54) is 18.0 Å². The molecule has 1 aromatic rings. The van der Waals surface area contributed by atoms with Crippen molar-refractivity contribution in [3.63, 3.8) is 0 Å². The van der Waals surface area contributed by atoms with Crippen LogP contribution in [0.3, 0.4) is 0 Å². The number of nitriles is 2. The molecule has 184 valence electrons. The second-order valence-electron chi connectivity index (χ2n) is 8.96. The molecule has 0 aliphatic carbocycles. The quantitative estimate of drug-likeness (QED) is 0.351. The maximum atomic E-state index is 13.0. The van der Waals surface area contributed by atoms with E-state index >= 15 is 0 Å². The first-order valence-electron chi connectivity index (χ1n) is 11.3. The Morgan fingerprint density at radius 3 is 2.72 bits per heavy atom. The van der Waals surface area contributed by atoms with E-state index in [1.807, 2.05) is 39.8 Å². The average molecular weight is 501 g/mol. The van der Waals surface area contributed by atoms with Crippen LogP contribution in [0.25, 0.3) is 0 Å². The fourth-order valence-corrected chi connectivity index (χ4v) is 4.47. The lowest BCUT2D eigenvalue weighted by Crippen LogP contribution is -2.20. The van der Waals surface area contributed by atoms with Gasteiger partial charge in [-0.25, -0.2) is 0 Å². The van der Waals surface area contributed by atoms with Crippen molar-refractivity contribution in [1.82, 2.24) is 0 Å². The van der Waals surface area contributed by atoms with Crippen molar-refractivity contribution >= 4 is 41.5 Å². The monoisotopic (exact) mass is 500 g/mol. The predicted octanol–water partition coefficient (Wildman–Crippen LogP) is 4.65. The Kier molecular flexibility index (Phi) is 8.31. The summed E-state index contributed by atoms with van der Waals surface area (Å²) in [5, 5.41) is 34.9. The number of carbonyl (C=O) groups is 1. The highest BCUT2D eigenvalue weighted by atomic mass is 32.2. The summed E-state index contributed by atoms with van der Waals surface area (Å²) < 4.78 is 0. The van der Waals surface area contributed by atoms with Crippen molar-refractivity contribution in [3.8, 4) is 12.1 Å². The Hall–Kier alpha value is -3.92. The van der Waals surface area contributed by atoms with Gasteiger partial charge in [0.1, 0.15) is 17.6 Å². The topological polar surface area (TPSA) is 134 Å². The molecular weight excluding hydrogens is 472 g/mol. The Morgan fingerprint density at radius 1 is 1.31 bits per heavy atom. The van der Waals surface area contributed by atoms with Crippen LogP contribution >= 0.6 is 11.8 Å². The number of allylic oxidation sites excluding steroid dienone is 3. The average Bonchev–Trinajstić information content (AvgIpc) is 3.24. The Labute approximate surface area is 215 Å². The van der Waals surface area contributed by atoms with Crippen LogP contribution in [0.5, 0.6) is 0 Å². The summed E-state index contributed by atoms with van der Waals surface area (Å²) in [6.45, 7) is 11.3. The van der Waals surface area contributed by atoms with Crippen molar-refractivity contribution in [3.05, 3.63) is 70.2 Å². The molecule has 36 heavy (non-hydrogen) atoms. The van der Waals surface area contributed by atoms with Gasteiger partial charge in [-0.3, -0.25) is 14.8 Å². The largest absolute Gasteiger partial charge is 0.369 e. The molecule has 0 aromatic heterocycles. The summed E-state index contributed by atoms with van der Waals surface area (Å²) in [4.78, 5) is 21.9. The third kappa shape index (κ3) is 6.01. The van der Waals surface area contributed by atoms with Gasteiger partial charge in [0, 0.05) is 23.8 Å². The van der Waals surface area contributed by atoms with Gasteiger partial charge in [0.15, 0.2) is 0 Å². The van der Waals surface area contributed by atoms with Crippen LogP contribution in [0, 0.1) is 35.0 Å². The third-order valence-corrected chi connectivity index (χ3v) is 7.25. The van der Waals surface area contributed by atoms with E-state index < -0.39 is 23.6 Å². The van der Waals surface area contributed by atoms with E-state index in [0.29, 0.717) is 27.4 Å². The Morgan fingerprint density at radius 2 is 2.03 bits per heavy atom. The van der Waals surface area contributed by atoms with Crippen LogP contribution in [-0.2, 0) is 4.79 Å². The molecule has 1 aromatic carbocycles. The number of amides is 1. The number of aliphatic hydroxyl groups is 1. The van der Waals surface area contributed by atoms with Gasteiger partial charge < -0.3 is 15.7 Å². The zero-order valence-electron chi connectivity index (χ0n) is 20.6. The zero-order valence-corrected chi connectivity index (χ0v) is 21.4. The van der Waals surface area contributed by atoms with Crippen LogP contribution in [0.15, 0.2) is 74.6 Å². The fourth-order valence-electron chi connectivity index (χ4n) is 3.31. The molecule has 3 rings (SSSR count). The maximum absolute atomic E-state index is 13.0. The molecular formula is C27H28N6O2S. The summed E-state index contributed by atoms with van der Waals surface area (Å²) >= 11 is 1.23. The Balaban J connectivity index is 1.69. The van der Waals surface area contributed by atoms with Crippen LogP contribution in [0.4, 0.5) is 11.4 Å². The lowest BCUT2D eigenvalue weighted by molar-refractivity contribution is -0.112. The minimum absolute atomic E-state index is 0.307. The van der Waals surface area contributed by atoms with Crippen molar-refractivity contribution in [2.75, 3.05) is 10.6 Å². The van der Waals surface area contributed by atoms with E-state index in [4.69, 9.17) is 0 Å². The third-order valence-electron chi connectivity index (χ3n) is 5.98. The first kappa shape index (κ1) is 26.7. The number of hydrogen-bond donors (Lipinski definition) is 3. The zero-order chi connectivity index (χ0) is 26.5. The molecule has 0 spiro atoms. The van der Waals surface area contributed by atoms with E-state index in [0.717, 1.165) is 11.1 Å². The summed E-state index contributed by atoms with van der Waals surface area (Å²) in [5.41, 5.74) is 2.99. The van der Waals surface area contributed by atoms with E-state index in [1.54, 1.807) is 30.5 Å². The molecule has 8 nitrogen and oxygen atoms in total. The maximum Gasteiger partial charge on any atom is 0.263 e. The number of nitrogens with zero attached hydrogens (tertiary/aromatic N) is 4. The number of rotatable bonds is 8. The van der Waals surface area contributed by atoms with Crippen LogP contribution in [-0.4, -0.2) is 41.1 Å². The highest BCUT2D eigenvalue weighted by molar-refractivity contribution is 8.05. The number of anilines is 2. The number of carbonyl (C=O) groups excluding carboxylic acids is 1. The number of fused-ring (bicyclic) bond motifs is 1.